The van der Waals surface area contributed by atoms with Gasteiger partial charge in [-0.3, -0.25) is 5.32 Å². The fraction of sp³-hybridized carbons (Fsp3) is 0.462. The van der Waals surface area contributed by atoms with Gasteiger partial charge in [-0.25, -0.2) is 4.79 Å². The predicted molar refractivity (Wildman–Crippen MR) is 74.1 cm³/mol. The normalized spacial score (nSPS) is 14.4. The van der Waals surface area contributed by atoms with Gasteiger partial charge in [0.2, 0.25) is 0 Å². The number of carbonyl (C=O) groups excluding carboxylic acids is 1. The number of methoxy groups -OCH3 is 1. The molecule has 0 aliphatic carbocycles. The lowest BCUT2D eigenvalue weighted by Gasteiger charge is -2.30. The van der Waals surface area contributed by atoms with Gasteiger partial charge in [-0.05, 0) is 38.5 Å². The highest BCUT2D eigenvalue weighted by atomic mass is 35.5. The Bertz CT molecular complexity index is 449. The number of nitrogens with one attached hydrogen (secondary N) is 1. The molecule has 0 fully saturated rings. The van der Waals surface area contributed by atoms with Gasteiger partial charge in [-0.15, -0.1) is 0 Å². The van der Waals surface area contributed by atoms with Crippen LogP contribution in [-0.2, 0) is 15.1 Å². The van der Waals surface area contributed by atoms with Gasteiger partial charge >= 0.3 is 5.97 Å². The smallest absolute Gasteiger partial charge is 0.330 e. The van der Waals surface area contributed by atoms with E-state index in [9.17, 15) is 4.79 Å². The molecule has 0 spiro atoms. The maximum atomic E-state index is 12.0. The fourth-order valence-electron chi connectivity index (χ4n) is 1.85. The Morgan fingerprint density at radius 2 is 1.94 bits per heavy atom. The van der Waals surface area contributed by atoms with Gasteiger partial charge in [0.15, 0.2) is 0 Å². The third kappa shape index (κ3) is 3.16. The van der Waals surface area contributed by atoms with Crippen LogP contribution in [0.15, 0.2) is 18.2 Å². The van der Waals surface area contributed by atoms with E-state index in [1.54, 1.807) is 25.1 Å². The minimum Gasteiger partial charge on any atom is -0.467 e. The second kappa shape index (κ2) is 5.91. The summed E-state index contributed by atoms with van der Waals surface area (Å²) in [5.74, 6) is -0.366. The highest BCUT2D eigenvalue weighted by Crippen LogP contribution is 2.29. The summed E-state index contributed by atoms with van der Waals surface area (Å²) < 4.78 is 4.86. The van der Waals surface area contributed by atoms with Crippen molar-refractivity contribution in [2.75, 3.05) is 7.11 Å². The zero-order chi connectivity index (χ0) is 13.9. The maximum Gasteiger partial charge on any atom is 0.330 e. The minimum atomic E-state index is -0.947. The van der Waals surface area contributed by atoms with Crippen molar-refractivity contribution in [2.45, 2.75) is 32.4 Å². The summed E-state index contributed by atoms with van der Waals surface area (Å²) in [6, 6.07) is 5.22. The number of benzene rings is 1. The van der Waals surface area contributed by atoms with Crippen LogP contribution < -0.4 is 5.32 Å². The zero-order valence-corrected chi connectivity index (χ0v) is 12.4. The summed E-state index contributed by atoms with van der Waals surface area (Å²) in [5, 5.41) is 4.06. The first-order valence-corrected chi connectivity index (χ1v) is 6.38. The first kappa shape index (κ1) is 15.3. The van der Waals surface area contributed by atoms with Crippen LogP contribution in [0.4, 0.5) is 0 Å². The summed E-state index contributed by atoms with van der Waals surface area (Å²) >= 11 is 11.9. The van der Waals surface area contributed by atoms with Crippen molar-refractivity contribution in [3.8, 4) is 0 Å². The van der Waals surface area contributed by atoms with E-state index in [0.717, 1.165) is 5.56 Å². The number of halogens is 2. The molecule has 1 aromatic carbocycles. The summed E-state index contributed by atoms with van der Waals surface area (Å²) in [6.45, 7) is 5.68. The molecule has 5 heteroatoms. The van der Waals surface area contributed by atoms with Gasteiger partial charge < -0.3 is 4.74 Å². The molecule has 0 saturated heterocycles. The van der Waals surface area contributed by atoms with Gasteiger partial charge in [0, 0.05) is 6.04 Å². The molecule has 1 unspecified atom stereocenters. The van der Waals surface area contributed by atoms with E-state index in [1.807, 2.05) is 13.8 Å². The summed E-state index contributed by atoms with van der Waals surface area (Å²) in [6.07, 6.45) is 0. The number of rotatable bonds is 4. The van der Waals surface area contributed by atoms with Crippen LogP contribution in [0.25, 0.3) is 0 Å². The molecule has 0 radical (unpaired) electrons. The van der Waals surface area contributed by atoms with Crippen LogP contribution in [0, 0.1) is 0 Å². The first-order valence-electron chi connectivity index (χ1n) is 5.63. The number of carbonyl (C=O) groups is 1. The van der Waals surface area contributed by atoms with E-state index < -0.39 is 5.54 Å². The number of hydrogen-bond donors (Lipinski definition) is 1. The Morgan fingerprint density at radius 3 is 2.39 bits per heavy atom. The summed E-state index contributed by atoms with van der Waals surface area (Å²) in [7, 11) is 1.36. The number of hydrogen-bond acceptors (Lipinski definition) is 3. The van der Waals surface area contributed by atoms with E-state index in [4.69, 9.17) is 27.9 Å². The molecular weight excluding hydrogens is 273 g/mol. The molecule has 1 rings (SSSR count). The zero-order valence-electron chi connectivity index (χ0n) is 10.9. The van der Waals surface area contributed by atoms with Gasteiger partial charge in [0.05, 0.1) is 17.2 Å². The van der Waals surface area contributed by atoms with Crippen LogP contribution in [0.1, 0.15) is 26.3 Å². The topological polar surface area (TPSA) is 38.3 Å². The molecule has 0 bridgehead atoms. The SMILES string of the molecule is COC(=O)C(C)(NC(C)C)c1ccc(Cl)c(Cl)c1. The Morgan fingerprint density at radius 1 is 1.33 bits per heavy atom. The van der Waals surface area contributed by atoms with Crippen molar-refractivity contribution in [1.82, 2.24) is 5.32 Å². The van der Waals surface area contributed by atoms with E-state index in [2.05, 4.69) is 5.32 Å². The van der Waals surface area contributed by atoms with E-state index in [-0.39, 0.29) is 12.0 Å². The molecule has 1 N–H and O–H groups in total. The van der Waals surface area contributed by atoms with Crippen molar-refractivity contribution >= 4 is 29.2 Å². The minimum absolute atomic E-state index is 0.114. The lowest BCUT2D eigenvalue weighted by molar-refractivity contribution is -0.148. The second-order valence-corrected chi connectivity index (χ2v) is 5.36. The van der Waals surface area contributed by atoms with Crippen LogP contribution in [0.3, 0.4) is 0 Å². The van der Waals surface area contributed by atoms with Crippen molar-refractivity contribution in [3.05, 3.63) is 33.8 Å². The van der Waals surface area contributed by atoms with Crippen LogP contribution in [-0.4, -0.2) is 19.1 Å². The van der Waals surface area contributed by atoms with E-state index in [1.165, 1.54) is 7.11 Å². The third-order valence-electron chi connectivity index (χ3n) is 2.67. The third-order valence-corrected chi connectivity index (χ3v) is 3.41. The van der Waals surface area contributed by atoms with Gasteiger partial charge in [-0.1, -0.05) is 29.3 Å². The molecule has 1 aromatic rings. The Labute approximate surface area is 117 Å². The number of ether oxygens (including phenoxy) is 1. The fourth-order valence-corrected chi connectivity index (χ4v) is 2.15. The Hall–Kier alpha value is -0.770. The van der Waals surface area contributed by atoms with Crippen LogP contribution in [0.5, 0.6) is 0 Å². The monoisotopic (exact) mass is 289 g/mol. The highest BCUT2D eigenvalue weighted by molar-refractivity contribution is 6.42. The molecule has 18 heavy (non-hydrogen) atoms. The molecule has 100 valence electrons. The predicted octanol–water partition coefficient (Wildman–Crippen LogP) is 3.38. The molecule has 0 amide bonds. The maximum absolute atomic E-state index is 12.0. The van der Waals surface area contributed by atoms with Crippen LogP contribution >= 0.6 is 23.2 Å². The first-order chi connectivity index (χ1) is 8.31. The van der Waals surface area contributed by atoms with Crippen molar-refractivity contribution in [2.24, 2.45) is 0 Å². The van der Waals surface area contributed by atoms with Crippen molar-refractivity contribution in [3.63, 3.8) is 0 Å². The number of esters is 1. The van der Waals surface area contributed by atoms with Crippen molar-refractivity contribution < 1.29 is 9.53 Å². The molecule has 0 aliphatic heterocycles. The molecule has 0 aliphatic rings. The molecule has 0 heterocycles. The molecular formula is C13H17Cl2NO2. The average molecular weight is 290 g/mol. The van der Waals surface area contributed by atoms with E-state index >= 15 is 0 Å². The largest absolute Gasteiger partial charge is 0.467 e. The van der Waals surface area contributed by atoms with Crippen LogP contribution in [0.2, 0.25) is 10.0 Å². The van der Waals surface area contributed by atoms with Gasteiger partial charge in [0.1, 0.15) is 5.54 Å². The van der Waals surface area contributed by atoms with E-state index in [0.29, 0.717) is 10.0 Å². The lowest BCUT2D eigenvalue weighted by Crippen LogP contribution is -2.50. The Kier molecular flexibility index (Phi) is 5.02. The lowest BCUT2D eigenvalue weighted by atomic mass is 9.91. The molecule has 0 saturated carbocycles. The summed E-state index contributed by atoms with van der Waals surface area (Å²) in [5.41, 5.74) is -0.227. The van der Waals surface area contributed by atoms with Gasteiger partial charge in [0.25, 0.3) is 0 Å². The van der Waals surface area contributed by atoms with Gasteiger partial charge in [-0.2, -0.15) is 0 Å². The highest BCUT2D eigenvalue weighted by Gasteiger charge is 2.37. The standard InChI is InChI=1S/C13H17Cl2NO2/c1-8(2)16-13(3,12(17)18-4)9-5-6-10(14)11(15)7-9/h5-8,16H,1-4H3. The molecule has 3 nitrogen and oxygen atoms in total. The molecule has 1 atom stereocenters. The average Bonchev–Trinajstić information content (AvgIpc) is 2.30. The summed E-state index contributed by atoms with van der Waals surface area (Å²) in [4.78, 5) is 12.0. The second-order valence-electron chi connectivity index (χ2n) is 4.54. The molecule has 0 aromatic heterocycles. The Balaban J connectivity index is 3.25. The van der Waals surface area contributed by atoms with Crippen molar-refractivity contribution in [1.29, 1.82) is 0 Å². The quantitative estimate of drug-likeness (QED) is 0.864.